The van der Waals surface area contributed by atoms with E-state index in [-0.39, 0.29) is 6.10 Å². The van der Waals surface area contributed by atoms with Crippen LogP contribution in [0.2, 0.25) is 0 Å². The van der Waals surface area contributed by atoms with Crippen LogP contribution in [0.3, 0.4) is 0 Å². The Morgan fingerprint density at radius 2 is 2.19 bits per heavy atom. The second kappa shape index (κ2) is 8.08. The molecule has 8 nitrogen and oxygen atoms in total. The number of ether oxygens (including phenoxy) is 2. The van der Waals surface area contributed by atoms with Crippen molar-refractivity contribution in [3.05, 3.63) is 39.5 Å². The molecule has 0 bridgehead atoms. The van der Waals surface area contributed by atoms with Gasteiger partial charge in [-0.3, -0.25) is 0 Å². The molecule has 144 valence electrons. The highest BCUT2D eigenvalue weighted by molar-refractivity contribution is 9.10. The molecule has 3 rings (SSSR count). The van der Waals surface area contributed by atoms with Gasteiger partial charge in [0.1, 0.15) is 11.8 Å². The number of rotatable bonds is 6. The minimum absolute atomic E-state index is 0.243. The summed E-state index contributed by atoms with van der Waals surface area (Å²) in [5.41, 5.74) is 1.88. The van der Waals surface area contributed by atoms with Gasteiger partial charge >= 0.3 is 5.97 Å². The number of halogens is 1. The molecule has 2 aromatic rings. The van der Waals surface area contributed by atoms with Crippen LogP contribution in [0.25, 0.3) is 0 Å². The summed E-state index contributed by atoms with van der Waals surface area (Å²) < 4.78 is 13.9. The van der Waals surface area contributed by atoms with Crippen molar-refractivity contribution in [3.8, 4) is 5.75 Å². The second-order valence-corrected chi connectivity index (χ2v) is 7.41. The van der Waals surface area contributed by atoms with E-state index in [1.165, 1.54) is 0 Å². The number of fused-ring (bicyclic) bond motifs is 1. The second-order valence-electron chi connectivity index (χ2n) is 6.50. The Hall–Kier alpha value is -2.42. The predicted molar refractivity (Wildman–Crippen MR) is 103 cm³/mol. The third kappa shape index (κ3) is 3.97. The fourth-order valence-electron chi connectivity index (χ4n) is 2.92. The molecular weight excluding hydrogens is 414 g/mol. The van der Waals surface area contributed by atoms with Crippen molar-refractivity contribution in [3.63, 3.8) is 0 Å². The molecule has 27 heavy (non-hydrogen) atoms. The molecule has 9 heteroatoms. The standard InChI is InChI=1S/C18H22BrN5O3/c1-5-8-26-14-7-6-12(19)9-13(14)16-15(17(25)27-10(2)3)11(4)20-18-21-22-23-24(16)18/h6-7,9-10,16H,5,8H2,1-4H3,(H,20,21,23)/t16-/m1/s1. The lowest BCUT2D eigenvalue weighted by atomic mass is 9.95. The monoisotopic (exact) mass is 435 g/mol. The van der Waals surface area contributed by atoms with Crippen molar-refractivity contribution in [2.75, 3.05) is 11.9 Å². The average Bonchev–Trinajstić information content (AvgIpc) is 3.06. The maximum atomic E-state index is 12.9. The lowest BCUT2D eigenvalue weighted by Crippen LogP contribution is -2.31. The number of carbonyl (C=O) groups excluding carboxylic acids is 1. The summed E-state index contributed by atoms with van der Waals surface area (Å²) in [6, 6.07) is 5.13. The molecule has 0 amide bonds. The highest BCUT2D eigenvalue weighted by Crippen LogP contribution is 2.40. The Kier molecular flexibility index (Phi) is 5.79. The normalized spacial score (nSPS) is 16.1. The maximum absolute atomic E-state index is 12.9. The molecule has 1 atom stereocenters. The van der Waals surface area contributed by atoms with Gasteiger partial charge in [0, 0.05) is 15.7 Å². The fourth-order valence-corrected chi connectivity index (χ4v) is 3.30. The minimum atomic E-state index is -0.563. The van der Waals surface area contributed by atoms with Crippen molar-refractivity contribution in [2.45, 2.75) is 46.3 Å². The van der Waals surface area contributed by atoms with Crippen molar-refractivity contribution < 1.29 is 14.3 Å². The largest absolute Gasteiger partial charge is 0.493 e. The fraction of sp³-hybridized carbons (Fsp3) is 0.444. The molecule has 2 heterocycles. The summed E-state index contributed by atoms with van der Waals surface area (Å²) in [5.74, 6) is 0.721. The van der Waals surface area contributed by atoms with Gasteiger partial charge in [-0.2, -0.15) is 4.68 Å². The van der Waals surface area contributed by atoms with Gasteiger partial charge in [-0.05, 0) is 55.8 Å². The van der Waals surface area contributed by atoms with Crippen LogP contribution in [0.4, 0.5) is 5.95 Å². The van der Waals surface area contributed by atoms with E-state index < -0.39 is 12.0 Å². The van der Waals surface area contributed by atoms with Gasteiger partial charge in [0.2, 0.25) is 5.95 Å². The number of tetrazole rings is 1. The molecule has 0 aliphatic carbocycles. The molecular formula is C18H22BrN5O3. The van der Waals surface area contributed by atoms with Crippen LogP contribution in [0, 0.1) is 0 Å². The summed E-state index contributed by atoms with van der Waals surface area (Å²) in [4.78, 5) is 12.9. The van der Waals surface area contributed by atoms with E-state index >= 15 is 0 Å². The van der Waals surface area contributed by atoms with Crippen molar-refractivity contribution in [2.24, 2.45) is 0 Å². The molecule has 0 saturated heterocycles. The summed E-state index contributed by atoms with van der Waals surface area (Å²) in [5, 5.41) is 14.9. The van der Waals surface area contributed by atoms with Gasteiger partial charge in [-0.15, -0.1) is 0 Å². The Labute approximate surface area is 166 Å². The van der Waals surface area contributed by atoms with Crippen molar-refractivity contribution >= 4 is 27.8 Å². The topological polar surface area (TPSA) is 91.2 Å². The van der Waals surface area contributed by atoms with Crippen molar-refractivity contribution in [1.82, 2.24) is 20.2 Å². The first-order valence-electron chi connectivity index (χ1n) is 8.81. The molecule has 0 radical (unpaired) electrons. The minimum Gasteiger partial charge on any atom is -0.493 e. The summed E-state index contributed by atoms with van der Waals surface area (Å²) in [6.07, 6.45) is 0.627. The number of nitrogens with one attached hydrogen (secondary N) is 1. The number of carbonyl (C=O) groups is 1. The summed E-state index contributed by atoms with van der Waals surface area (Å²) in [6.45, 7) is 8.05. The maximum Gasteiger partial charge on any atom is 0.338 e. The Morgan fingerprint density at radius 3 is 2.89 bits per heavy atom. The van der Waals surface area contributed by atoms with Gasteiger partial charge in [-0.25, -0.2) is 4.79 Å². The van der Waals surface area contributed by atoms with Crippen LogP contribution in [0.1, 0.15) is 45.7 Å². The lowest BCUT2D eigenvalue weighted by molar-refractivity contribution is -0.143. The molecule has 1 aromatic heterocycles. The lowest BCUT2D eigenvalue weighted by Gasteiger charge is -2.29. The summed E-state index contributed by atoms with van der Waals surface area (Å²) >= 11 is 3.51. The molecule has 1 aliphatic heterocycles. The number of hydrogen-bond acceptors (Lipinski definition) is 7. The zero-order chi connectivity index (χ0) is 19.6. The number of anilines is 1. The van der Waals surface area contributed by atoms with E-state index in [1.54, 1.807) is 4.68 Å². The van der Waals surface area contributed by atoms with E-state index in [1.807, 2.05) is 45.9 Å². The van der Waals surface area contributed by atoms with Crippen LogP contribution in [-0.2, 0) is 9.53 Å². The number of hydrogen-bond donors (Lipinski definition) is 1. The zero-order valence-electron chi connectivity index (χ0n) is 15.7. The van der Waals surface area contributed by atoms with Crippen LogP contribution in [0.5, 0.6) is 5.75 Å². The molecule has 1 aromatic carbocycles. The van der Waals surface area contributed by atoms with E-state index in [4.69, 9.17) is 9.47 Å². The van der Waals surface area contributed by atoms with Gasteiger partial charge < -0.3 is 14.8 Å². The molecule has 1 aliphatic rings. The van der Waals surface area contributed by atoms with E-state index in [2.05, 4.69) is 36.8 Å². The number of allylic oxidation sites excluding steroid dienone is 1. The summed E-state index contributed by atoms with van der Waals surface area (Å²) in [7, 11) is 0. The molecule has 0 spiro atoms. The van der Waals surface area contributed by atoms with Gasteiger partial charge in [0.05, 0.1) is 18.3 Å². The quantitative estimate of drug-likeness (QED) is 0.694. The van der Waals surface area contributed by atoms with E-state index in [0.717, 1.165) is 16.5 Å². The molecule has 0 saturated carbocycles. The third-order valence-electron chi connectivity index (χ3n) is 4.00. The molecule has 0 fully saturated rings. The van der Waals surface area contributed by atoms with Crippen LogP contribution < -0.4 is 10.1 Å². The SMILES string of the molecule is CCCOc1ccc(Br)cc1[C@@H]1C(C(=O)OC(C)C)=C(C)Nc2nnnn21. The van der Waals surface area contributed by atoms with Gasteiger partial charge in [-0.1, -0.05) is 28.0 Å². The molecule has 0 unspecified atom stereocenters. The Morgan fingerprint density at radius 1 is 1.41 bits per heavy atom. The van der Waals surface area contributed by atoms with Gasteiger partial charge in [0.15, 0.2) is 0 Å². The molecule has 1 N–H and O–H groups in total. The number of esters is 1. The average molecular weight is 436 g/mol. The van der Waals surface area contributed by atoms with Crippen LogP contribution in [0.15, 0.2) is 33.9 Å². The zero-order valence-corrected chi connectivity index (χ0v) is 17.3. The first-order chi connectivity index (χ1) is 12.9. The predicted octanol–water partition coefficient (Wildman–Crippen LogP) is 3.46. The number of nitrogens with zero attached hydrogens (tertiary/aromatic N) is 4. The highest BCUT2D eigenvalue weighted by Gasteiger charge is 2.37. The first kappa shape index (κ1) is 19.3. The van der Waals surface area contributed by atoms with Crippen LogP contribution in [-0.4, -0.2) is 38.9 Å². The van der Waals surface area contributed by atoms with Crippen molar-refractivity contribution in [1.29, 1.82) is 0 Å². The number of aromatic nitrogens is 4. The third-order valence-corrected chi connectivity index (χ3v) is 4.50. The smallest absolute Gasteiger partial charge is 0.338 e. The van der Waals surface area contributed by atoms with Crippen LogP contribution >= 0.6 is 15.9 Å². The van der Waals surface area contributed by atoms with E-state index in [9.17, 15) is 4.79 Å². The Balaban J connectivity index is 2.15. The number of benzene rings is 1. The Bertz CT molecular complexity index is 878. The van der Waals surface area contributed by atoms with E-state index in [0.29, 0.717) is 29.6 Å². The van der Waals surface area contributed by atoms with Gasteiger partial charge in [0.25, 0.3) is 0 Å². The highest BCUT2D eigenvalue weighted by atomic mass is 79.9. The first-order valence-corrected chi connectivity index (χ1v) is 9.60.